The molecule has 2 aliphatic rings. The van der Waals surface area contributed by atoms with Crippen molar-refractivity contribution in [1.82, 2.24) is 29.6 Å². The summed E-state index contributed by atoms with van der Waals surface area (Å²) in [6.07, 6.45) is 5.94. The van der Waals surface area contributed by atoms with Crippen LogP contribution in [0.1, 0.15) is 45.4 Å². The number of aromatic nitrogens is 4. The van der Waals surface area contributed by atoms with Crippen LogP contribution < -0.4 is 20.3 Å². The summed E-state index contributed by atoms with van der Waals surface area (Å²) >= 11 is 6.10. The molecule has 3 N–H and O–H groups in total. The lowest BCUT2D eigenvalue weighted by Gasteiger charge is -2.39. The van der Waals surface area contributed by atoms with E-state index in [2.05, 4.69) is 42.2 Å². The predicted octanol–water partition coefficient (Wildman–Crippen LogP) is 1.63. The smallest absolute Gasteiger partial charge is 0.230 e. The van der Waals surface area contributed by atoms with Gasteiger partial charge in [-0.2, -0.15) is 19.6 Å². The fraction of sp³-hybridized carbons (Fsp3) is 0.737. The number of hydrogen-bond donors (Lipinski definition) is 3. The molecule has 0 atom stereocenters. The molecule has 1 aliphatic carbocycles. The van der Waals surface area contributed by atoms with Crippen LogP contribution in [0.25, 0.3) is 5.65 Å². The summed E-state index contributed by atoms with van der Waals surface area (Å²) in [5, 5.41) is 11.1. The molecule has 0 radical (unpaired) electrons. The SMILES string of the molecule is CNC1(C)CCN(c2nc(NCCS(=O)(=O)NC3CCCC3)n3nc(Cl)cc3n2)CC1. The highest BCUT2D eigenvalue weighted by molar-refractivity contribution is 7.89. The number of anilines is 2. The zero-order valence-corrected chi connectivity index (χ0v) is 19.6. The Morgan fingerprint density at radius 1 is 1.23 bits per heavy atom. The van der Waals surface area contributed by atoms with Crippen molar-refractivity contribution in [2.24, 2.45) is 0 Å². The highest BCUT2D eigenvalue weighted by Gasteiger charge is 2.30. The molecule has 0 bridgehead atoms. The molecule has 4 rings (SSSR count). The average molecular weight is 471 g/mol. The summed E-state index contributed by atoms with van der Waals surface area (Å²) < 4.78 is 29.1. The third-order valence-corrected chi connectivity index (χ3v) is 8.01. The molecule has 172 valence electrons. The van der Waals surface area contributed by atoms with E-state index in [-0.39, 0.29) is 23.9 Å². The second-order valence-electron chi connectivity index (χ2n) is 8.73. The number of nitrogens with zero attached hydrogens (tertiary/aromatic N) is 5. The molecule has 0 spiro atoms. The van der Waals surface area contributed by atoms with Gasteiger partial charge in [-0.25, -0.2) is 13.1 Å². The fourth-order valence-corrected chi connectivity index (χ4v) is 5.61. The Kier molecular flexibility index (Phi) is 6.57. The van der Waals surface area contributed by atoms with Gasteiger partial charge in [0.2, 0.25) is 21.9 Å². The first kappa shape index (κ1) is 22.5. The Bertz CT molecular complexity index is 1010. The van der Waals surface area contributed by atoms with E-state index < -0.39 is 10.0 Å². The maximum absolute atomic E-state index is 12.4. The van der Waals surface area contributed by atoms with Crippen LogP contribution in [0.2, 0.25) is 5.15 Å². The van der Waals surface area contributed by atoms with Crippen molar-refractivity contribution < 1.29 is 8.42 Å². The predicted molar refractivity (Wildman–Crippen MR) is 122 cm³/mol. The van der Waals surface area contributed by atoms with E-state index in [1.807, 2.05) is 7.05 Å². The van der Waals surface area contributed by atoms with E-state index in [9.17, 15) is 8.42 Å². The molecule has 10 nitrogen and oxygen atoms in total. The summed E-state index contributed by atoms with van der Waals surface area (Å²) in [6.45, 7) is 4.09. The minimum absolute atomic E-state index is 0.0381. The van der Waals surface area contributed by atoms with Crippen molar-refractivity contribution in [2.45, 2.75) is 57.0 Å². The molecule has 2 aromatic rings. The summed E-state index contributed by atoms with van der Waals surface area (Å²) in [5.41, 5.74) is 0.689. The molecule has 31 heavy (non-hydrogen) atoms. The first-order valence-corrected chi connectivity index (χ1v) is 12.9. The first-order chi connectivity index (χ1) is 14.8. The lowest BCUT2D eigenvalue weighted by atomic mass is 9.90. The zero-order valence-electron chi connectivity index (χ0n) is 18.1. The van der Waals surface area contributed by atoms with E-state index in [1.165, 1.54) is 4.52 Å². The van der Waals surface area contributed by atoms with Crippen molar-refractivity contribution in [3.05, 3.63) is 11.2 Å². The van der Waals surface area contributed by atoms with Gasteiger partial charge in [-0.15, -0.1) is 0 Å². The van der Waals surface area contributed by atoms with Crippen LogP contribution in [-0.4, -0.2) is 72.0 Å². The largest absolute Gasteiger partial charge is 0.353 e. The van der Waals surface area contributed by atoms with Gasteiger partial charge < -0.3 is 15.5 Å². The Morgan fingerprint density at radius 2 is 1.94 bits per heavy atom. The molecular weight excluding hydrogens is 440 g/mol. The standard InChI is InChI=1S/C19H31ClN8O2S/c1-19(21-2)7-10-27(11-8-19)18-23-16-13-15(20)25-28(16)17(24-18)22-9-12-31(29,30)26-14-5-3-4-6-14/h13-14,21,26H,3-12H2,1-2H3,(H,22,23,24). The van der Waals surface area contributed by atoms with Crippen LogP contribution in [-0.2, 0) is 10.0 Å². The molecule has 0 aromatic carbocycles. The Labute approximate surface area is 188 Å². The maximum Gasteiger partial charge on any atom is 0.230 e. The monoisotopic (exact) mass is 470 g/mol. The van der Waals surface area contributed by atoms with Crippen molar-refractivity contribution in [1.29, 1.82) is 0 Å². The van der Waals surface area contributed by atoms with E-state index >= 15 is 0 Å². The van der Waals surface area contributed by atoms with E-state index in [0.29, 0.717) is 22.7 Å². The number of rotatable bonds is 8. The van der Waals surface area contributed by atoms with Gasteiger partial charge in [-0.3, -0.25) is 0 Å². The fourth-order valence-electron chi connectivity index (χ4n) is 4.21. The second-order valence-corrected chi connectivity index (χ2v) is 11.0. The van der Waals surface area contributed by atoms with Gasteiger partial charge in [-0.05, 0) is 39.7 Å². The van der Waals surface area contributed by atoms with E-state index in [0.717, 1.165) is 51.6 Å². The molecule has 0 amide bonds. The summed E-state index contributed by atoms with van der Waals surface area (Å²) in [5.74, 6) is 0.991. The summed E-state index contributed by atoms with van der Waals surface area (Å²) in [4.78, 5) is 11.4. The van der Waals surface area contributed by atoms with Gasteiger partial charge >= 0.3 is 0 Å². The number of halogens is 1. The molecule has 1 saturated carbocycles. The summed E-state index contributed by atoms with van der Waals surface area (Å²) in [6, 6.07) is 1.74. The number of sulfonamides is 1. The number of piperidine rings is 1. The van der Waals surface area contributed by atoms with Crippen molar-refractivity contribution in [2.75, 3.05) is 42.7 Å². The Hall–Kier alpha value is -1.69. The molecule has 12 heteroatoms. The van der Waals surface area contributed by atoms with Gasteiger partial charge in [0.15, 0.2) is 10.8 Å². The zero-order chi connectivity index (χ0) is 22.1. The molecular formula is C19H31ClN8O2S. The van der Waals surface area contributed by atoms with E-state index in [4.69, 9.17) is 11.6 Å². The number of hydrogen-bond acceptors (Lipinski definition) is 8. The topological polar surface area (TPSA) is 117 Å². The minimum Gasteiger partial charge on any atom is -0.353 e. The highest BCUT2D eigenvalue weighted by Crippen LogP contribution is 2.25. The van der Waals surface area contributed by atoms with Gasteiger partial charge in [0.1, 0.15) is 0 Å². The summed E-state index contributed by atoms with van der Waals surface area (Å²) in [7, 11) is -1.37. The van der Waals surface area contributed by atoms with Crippen LogP contribution in [0.3, 0.4) is 0 Å². The van der Waals surface area contributed by atoms with Crippen LogP contribution in [0.5, 0.6) is 0 Å². The van der Waals surface area contributed by atoms with Gasteiger partial charge in [-0.1, -0.05) is 24.4 Å². The Balaban J connectivity index is 1.46. The van der Waals surface area contributed by atoms with E-state index in [1.54, 1.807) is 6.07 Å². The third-order valence-electron chi connectivity index (χ3n) is 6.39. The van der Waals surface area contributed by atoms with Crippen molar-refractivity contribution in [3.8, 4) is 0 Å². The molecule has 3 heterocycles. The lowest BCUT2D eigenvalue weighted by Crippen LogP contribution is -2.50. The van der Waals surface area contributed by atoms with Crippen LogP contribution >= 0.6 is 11.6 Å². The van der Waals surface area contributed by atoms with Gasteiger partial charge in [0.25, 0.3) is 0 Å². The average Bonchev–Trinajstić information content (AvgIpc) is 3.36. The minimum atomic E-state index is -3.36. The molecule has 0 unspecified atom stereocenters. The van der Waals surface area contributed by atoms with Crippen LogP contribution in [0.15, 0.2) is 6.07 Å². The van der Waals surface area contributed by atoms with Gasteiger partial charge in [0, 0.05) is 37.3 Å². The second kappa shape index (κ2) is 9.05. The molecule has 2 fully saturated rings. The van der Waals surface area contributed by atoms with Gasteiger partial charge in [0.05, 0.1) is 5.75 Å². The molecule has 1 saturated heterocycles. The quantitative estimate of drug-likeness (QED) is 0.533. The van der Waals surface area contributed by atoms with Crippen LogP contribution in [0, 0.1) is 0 Å². The molecule has 1 aliphatic heterocycles. The molecule has 2 aromatic heterocycles. The lowest BCUT2D eigenvalue weighted by molar-refractivity contribution is 0.303. The number of fused-ring (bicyclic) bond motifs is 1. The first-order valence-electron chi connectivity index (χ1n) is 10.9. The maximum atomic E-state index is 12.4. The number of nitrogens with one attached hydrogen (secondary N) is 3. The van der Waals surface area contributed by atoms with Crippen molar-refractivity contribution in [3.63, 3.8) is 0 Å². The van der Waals surface area contributed by atoms with Crippen LogP contribution in [0.4, 0.5) is 11.9 Å². The Morgan fingerprint density at radius 3 is 2.61 bits per heavy atom. The normalized spacial score (nSPS) is 19.9. The highest BCUT2D eigenvalue weighted by atomic mass is 35.5. The third kappa shape index (κ3) is 5.39. The van der Waals surface area contributed by atoms with Crippen molar-refractivity contribution >= 4 is 39.2 Å².